The minimum absolute atomic E-state index is 0.0239. The molecule has 1 aliphatic rings. The Morgan fingerprint density at radius 3 is 2.58 bits per heavy atom. The smallest absolute Gasteiger partial charge is 0.409 e. The van der Waals surface area contributed by atoms with Crippen LogP contribution in [0.4, 0.5) is 10.5 Å². The van der Waals surface area contributed by atoms with Crippen molar-refractivity contribution in [2.75, 3.05) is 20.2 Å². The van der Waals surface area contributed by atoms with E-state index in [1.54, 1.807) is 11.8 Å². The molecule has 1 fully saturated rings. The van der Waals surface area contributed by atoms with Crippen molar-refractivity contribution >= 4 is 29.0 Å². The summed E-state index contributed by atoms with van der Waals surface area (Å²) < 4.78 is 4.70. The molecule has 2 amide bonds. The Hall–Kier alpha value is -2.16. The van der Waals surface area contributed by atoms with Crippen molar-refractivity contribution in [1.29, 1.82) is 0 Å². The molecule has 2 heterocycles. The van der Waals surface area contributed by atoms with Gasteiger partial charge in [-0.05, 0) is 32.6 Å². The third-order valence-corrected chi connectivity index (χ3v) is 5.39. The van der Waals surface area contributed by atoms with Gasteiger partial charge in [0.05, 0.1) is 21.8 Å². The van der Waals surface area contributed by atoms with Gasteiger partial charge in [0.25, 0.3) is 11.6 Å². The van der Waals surface area contributed by atoms with Crippen molar-refractivity contribution in [2.45, 2.75) is 32.7 Å². The van der Waals surface area contributed by atoms with E-state index in [2.05, 4.69) is 5.32 Å². The molecule has 0 aliphatic carbocycles. The zero-order chi connectivity index (χ0) is 17.9. The lowest BCUT2D eigenvalue weighted by atomic mass is 9.90. The average molecular weight is 355 g/mol. The van der Waals surface area contributed by atoms with Crippen LogP contribution in [0.1, 0.15) is 34.3 Å². The number of nitrogens with one attached hydrogen (secondary N) is 1. The molecule has 1 saturated heterocycles. The van der Waals surface area contributed by atoms with Gasteiger partial charge in [-0.25, -0.2) is 4.79 Å². The Balaban J connectivity index is 1.92. The number of rotatable bonds is 4. The SMILES string of the molecule is COC(=O)N1CCC([C@@H](C)NC(=O)c2cc([N+](=O)[O-])c(C)s2)CC1. The molecule has 0 saturated carbocycles. The highest BCUT2D eigenvalue weighted by atomic mass is 32.1. The molecule has 0 bridgehead atoms. The van der Waals surface area contributed by atoms with Gasteiger partial charge in [-0.15, -0.1) is 11.3 Å². The van der Waals surface area contributed by atoms with Gasteiger partial charge in [0, 0.05) is 25.2 Å². The number of thiophene rings is 1. The van der Waals surface area contributed by atoms with Gasteiger partial charge in [0.2, 0.25) is 0 Å². The summed E-state index contributed by atoms with van der Waals surface area (Å²) >= 11 is 1.12. The monoisotopic (exact) mass is 355 g/mol. The summed E-state index contributed by atoms with van der Waals surface area (Å²) in [6.45, 7) is 4.75. The predicted molar refractivity (Wildman–Crippen MR) is 89.3 cm³/mol. The predicted octanol–water partition coefficient (Wildman–Crippen LogP) is 2.56. The minimum Gasteiger partial charge on any atom is -0.453 e. The van der Waals surface area contributed by atoms with Gasteiger partial charge in [-0.1, -0.05) is 0 Å². The first-order valence-corrected chi connectivity index (χ1v) is 8.53. The van der Waals surface area contributed by atoms with E-state index < -0.39 is 4.92 Å². The van der Waals surface area contributed by atoms with E-state index in [0.717, 1.165) is 24.2 Å². The van der Waals surface area contributed by atoms with Gasteiger partial charge >= 0.3 is 6.09 Å². The Morgan fingerprint density at radius 1 is 1.46 bits per heavy atom. The van der Waals surface area contributed by atoms with Gasteiger partial charge in [0.1, 0.15) is 0 Å². The van der Waals surface area contributed by atoms with E-state index in [9.17, 15) is 19.7 Å². The van der Waals surface area contributed by atoms with Crippen LogP contribution in [0.15, 0.2) is 6.07 Å². The fourth-order valence-corrected chi connectivity index (χ4v) is 3.76. The molecule has 1 N–H and O–H groups in total. The summed E-state index contributed by atoms with van der Waals surface area (Å²) in [7, 11) is 1.36. The lowest BCUT2D eigenvalue weighted by Crippen LogP contribution is -2.45. The number of nitrogens with zero attached hydrogens (tertiary/aromatic N) is 2. The third kappa shape index (κ3) is 4.02. The topological polar surface area (TPSA) is 102 Å². The molecule has 0 radical (unpaired) electrons. The van der Waals surface area contributed by atoms with E-state index in [0.29, 0.717) is 22.8 Å². The van der Waals surface area contributed by atoms with Crippen molar-refractivity contribution in [3.8, 4) is 0 Å². The molecule has 132 valence electrons. The second kappa shape index (κ2) is 7.61. The van der Waals surface area contributed by atoms with Gasteiger partial charge < -0.3 is 15.0 Å². The highest BCUT2D eigenvalue weighted by Gasteiger charge is 2.28. The van der Waals surface area contributed by atoms with Crippen LogP contribution in [-0.2, 0) is 4.74 Å². The van der Waals surface area contributed by atoms with Gasteiger partial charge in [-0.3, -0.25) is 14.9 Å². The molecule has 0 unspecified atom stereocenters. The van der Waals surface area contributed by atoms with Crippen molar-refractivity contribution in [1.82, 2.24) is 10.2 Å². The normalized spacial score (nSPS) is 16.5. The summed E-state index contributed by atoms with van der Waals surface area (Å²) in [4.78, 5) is 36.7. The molecule has 8 nitrogen and oxygen atoms in total. The number of amides is 2. The molecule has 9 heteroatoms. The maximum absolute atomic E-state index is 12.3. The number of hydrogen-bond acceptors (Lipinski definition) is 6. The molecule has 1 aromatic rings. The zero-order valence-electron chi connectivity index (χ0n) is 13.9. The average Bonchev–Trinajstić information content (AvgIpc) is 2.96. The Bertz CT molecular complexity index is 637. The molecule has 2 rings (SSSR count). The number of nitro groups is 1. The zero-order valence-corrected chi connectivity index (χ0v) is 14.7. The standard InChI is InChI=1S/C15H21N3O5S/c1-9(11-4-6-17(7-5-11)15(20)23-3)16-14(19)13-8-12(18(21)22)10(2)24-13/h8-9,11H,4-7H2,1-3H3,(H,16,19)/t9-/m1/s1. The molecular weight excluding hydrogens is 334 g/mol. The van der Waals surface area contributed by atoms with Crippen LogP contribution in [0.5, 0.6) is 0 Å². The van der Waals surface area contributed by atoms with Crippen LogP contribution >= 0.6 is 11.3 Å². The number of ether oxygens (including phenoxy) is 1. The second-order valence-corrected chi connectivity index (χ2v) is 7.12. The maximum atomic E-state index is 12.3. The molecular formula is C15H21N3O5S. The highest BCUT2D eigenvalue weighted by Crippen LogP contribution is 2.28. The molecule has 24 heavy (non-hydrogen) atoms. The van der Waals surface area contributed by atoms with E-state index in [1.807, 2.05) is 6.92 Å². The first-order valence-electron chi connectivity index (χ1n) is 7.72. The molecule has 1 aromatic heterocycles. The van der Waals surface area contributed by atoms with Crippen LogP contribution in [0.2, 0.25) is 0 Å². The lowest BCUT2D eigenvalue weighted by molar-refractivity contribution is -0.385. The molecule has 0 aromatic carbocycles. The Labute approximate surface area is 143 Å². The van der Waals surface area contributed by atoms with Crippen molar-refractivity contribution in [3.05, 3.63) is 25.9 Å². The van der Waals surface area contributed by atoms with Crippen molar-refractivity contribution in [3.63, 3.8) is 0 Å². The largest absolute Gasteiger partial charge is 0.453 e. The van der Waals surface area contributed by atoms with Crippen LogP contribution in [0.25, 0.3) is 0 Å². The van der Waals surface area contributed by atoms with E-state index in [-0.39, 0.29) is 29.6 Å². The summed E-state index contributed by atoms with van der Waals surface area (Å²) in [5.74, 6) is -0.0370. The number of carbonyl (C=O) groups is 2. The van der Waals surface area contributed by atoms with Crippen molar-refractivity contribution < 1.29 is 19.2 Å². The summed E-state index contributed by atoms with van der Waals surface area (Å²) in [6, 6.07) is 1.25. The fraction of sp³-hybridized carbons (Fsp3) is 0.600. The fourth-order valence-electron chi connectivity index (χ4n) is 2.87. The number of carbonyl (C=O) groups excluding carboxylic acids is 2. The lowest BCUT2D eigenvalue weighted by Gasteiger charge is -2.34. The molecule has 0 spiro atoms. The second-order valence-electron chi connectivity index (χ2n) is 5.87. The number of likely N-dealkylation sites (tertiary alicyclic amines) is 1. The highest BCUT2D eigenvalue weighted by molar-refractivity contribution is 7.14. The number of aryl methyl sites for hydroxylation is 1. The van der Waals surface area contributed by atoms with Crippen LogP contribution in [0, 0.1) is 23.0 Å². The van der Waals surface area contributed by atoms with Crippen LogP contribution in [-0.4, -0.2) is 48.1 Å². The first-order chi connectivity index (χ1) is 11.3. The van der Waals surface area contributed by atoms with E-state index in [1.165, 1.54) is 13.2 Å². The number of methoxy groups -OCH3 is 1. The maximum Gasteiger partial charge on any atom is 0.409 e. The Kier molecular flexibility index (Phi) is 5.76. The summed E-state index contributed by atoms with van der Waals surface area (Å²) in [5.41, 5.74) is -0.0239. The summed E-state index contributed by atoms with van der Waals surface area (Å²) in [6.07, 6.45) is 1.23. The van der Waals surface area contributed by atoms with E-state index >= 15 is 0 Å². The van der Waals surface area contributed by atoms with Crippen LogP contribution in [0.3, 0.4) is 0 Å². The first kappa shape index (κ1) is 18.2. The van der Waals surface area contributed by atoms with Gasteiger partial charge in [-0.2, -0.15) is 0 Å². The minimum atomic E-state index is -0.478. The molecule has 1 aliphatic heterocycles. The quantitative estimate of drug-likeness (QED) is 0.660. The van der Waals surface area contributed by atoms with Crippen molar-refractivity contribution in [2.24, 2.45) is 5.92 Å². The number of hydrogen-bond donors (Lipinski definition) is 1. The van der Waals surface area contributed by atoms with Crippen LogP contribution < -0.4 is 5.32 Å². The Morgan fingerprint density at radius 2 is 2.08 bits per heavy atom. The molecule has 1 atom stereocenters. The van der Waals surface area contributed by atoms with E-state index in [4.69, 9.17) is 4.74 Å². The number of piperidine rings is 1. The summed E-state index contributed by atoms with van der Waals surface area (Å²) in [5, 5.41) is 13.8. The van der Waals surface area contributed by atoms with Gasteiger partial charge in [0.15, 0.2) is 0 Å². The third-order valence-electron chi connectivity index (χ3n) is 4.35.